The van der Waals surface area contributed by atoms with Crippen molar-refractivity contribution in [3.63, 3.8) is 0 Å². The normalized spacial score (nSPS) is 22.2. The molecule has 2 unspecified atom stereocenters. The number of rotatable bonds is 9. The second-order valence-corrected chi connectivity index (χ2v) is 5.12. The minimum Gasteiger partial charge on any atom is -0.465 e. The fourth-order valence-corrected chi connectivity index (χ4v) is 2.09. The van der Waals surface area contributed by atoms with Crippen LogP contribution in [0.2, 0.25) is 0 Å². The summed E-state index contributed by atoms with van der Waals surface area (Å²) in [5, 5.41) is 3.06. The number of unbranched alkanes of at least 4 members (excludes halogenated alkanes) is 1. The predicted molar refractivity (Wildman–Crippen MR) is 73.1 cm³/mol. The molecule has 1 N–H and O–H groups in total. The van der Waals surface area contributed by atoms with Crippen molar-refractivity contribution in [3.05, 3.63) is 0 Å². The zero-order valence-corrected chi connectivity index (χ0v) is 12.4. The van der Waals surface area contributed by atoms with Crippen molar-refractivity contribution >= 4 is 5.97 Å². The van der Waals surface area contributed by atoms with E-state index in [1.165, 1.54) is 0 Å². The number of ether oxygens (including phenoxy) is 3. The van der Waals surface area contributed by atoms with Gasteiger partial charge in [-0.25, -0.2) is 0 Å². The standard InChI is InChI=1S/C14H27NO4/c1-4-18-13(16)14(2,15-3)8-5-6-9-19-12-7-10-17-11-12/h12,15H,4-11H2,1-3H3. The summed E-state index contributed by atoms with van der Waals surface area (Å²) >= 11 is 0. The minimum absolute atomic E-state index is 0.178. The van der Waals surface area contributed by atoms with Crippen LogP contribution in [0.5, 0.6) is 0 Å². The lowest BCUT2D eigenvalue weighted by Gasteiger charge is -2.26. The molecule has 0 aromatic rings. The van der Waals surface area contributed by atoms with Gasteiger partial charge in [-0.3, -0.25) is 4.79 Å². The van der Waals surface area contributed by atoms with E-state index in [1.54, 1.807) is 7.05 Å². The molecule has 0 bridgehead atoms. The highest BCUT2D eigenvalue weighted by atomic mass is 16.5. The fraction of sp³-hybridized carbons (Fsp3) is 0.929. The predicted octanol–water partition coefficient (Wildman–Crippen LogP) is 1.50. The van der Waals surface area contributed by atoms with Gasteiger partial charge in [0.1, 0.15) is 5.54 Å². The molecule has 0 radical (unpaired) electrons. The molecule has 19 heavy (non-hydrogen) atoms. The third-order valence-corrected chi connectivity index (χ3v) is 3.59. The van der Waals surface area contributed by atoms with Crippen LogP contribution in [0.15, 0.2) is 0 Å². The summed E-state index contributed by atoms with van der Waals surface area (Å²) in [6.45, 7) is 6.39. The van der Waals surface area contributed by atoms with E-state index < -0.39 is 5.54 Å². The molecule has 0 saturated carbocycles. The van der Waals surface area contributed by atoms with Crippen LogP contribution in [0.1, 0.15) is 39.5 Å². The summed E-state index contributed by atoms with van der Waals surface area (Å²) in [5.74, 6) is -0.178. The molecule has 1 aliphatic heterocycles. The number of hydrogen-bond donors (Lipinski definition) is 1. The topological polar surface area (TPSA) is 56.8 Å². The molecule has 1 heterocycles. The summed E-state index contributed by atoms with van der Waals surface area (Å²) in [5.41, 5.74) is -0.591. The molecule has 0 aromatic heterocycles. The van der Waals surface area contributed by atoms with Crippen LogP contribution in [0.3, 0.4) is 0 Å². The van der Waals surface area contributed by atoms with Crippen LogP contribution in [0.4, 0.5) is 0 Å². The number of hydrogen-bond acceptors (Lipinski definition) is 5. The third kappa shape index (κ3) is 5.47. The molecular weight excluding hydrogens is 246 g/mol. The third-order valence-electron chi connectivity index (χ3n) is 3.59. The molecule has 5 nitrogen and oxygen atoms in total. The van der Waals surface area contributed by atoms with Gasteiger partial charge in [-0.05, 0) is 46.6 Å². The van der Waals surface area contributed by atoms with Crippen LogP contribution in [0, 0.1) is 0 Å². The first-order valence-electron chi connectivity index (χ1n) is 7.18. The Morgan fingerprint density at radius 2 is 2.26 bits per heavy atom. The maximum Gasteiger partial charge on any atom is 0.326 e. The average Bonchev–Trinajstić information content (AvgIpc) is 2.91. The maximum absolute atomic E-state index is 11.8. The van der Waals surface area contributed by atoms with Crippen LogP contribution < -0.4 is 5.32 Å². The number of esters is 1. The van der Waals surface area contributed by atoms with E-state index in [1.807, 2.05) is 13.8 Å². The zero-order valence-electron chi connectivity index (χ0n) is 12.4. The van der Waals surface area contributed by atoms with Gasteiger partial charge in [0.25, 0.3) is 0 Å². The highest BCUT2D eigenvalue weighted by Gasteiger charge is 2.32. The highest BCUT2D eigenvalue weighted by Crippen LogP contribution is 2.16. The molecular formula is C14H27NO4. The van der Waals surface area contributed by atoms with E-state index in [4.69, 9.17) is 14.2 Å². The van der Waals surface area contributed by atoms with Crippen molar-refractivity contribution in [2.45, 2.75) is 51.2 Å². The van der Waals surface area contributed by atoms with E-state index in [9.17, 15) is 4.79 Å². The minimum atomic E-state index is -0.591. The fourth-order valence-electron chi connectivity index (χ4n) is 2.09. The summed E-state index contributed by atoms with van der Waals surface area (Å²) in [6, 6.07) is 0. The second-order valence-electron chi connectivity index (χ2n) is 5.12. The van der Waals surface area contributed by atoms with Crippen LogP contribution in [-0.2, 0) is 19.0 Å². The lowest BCUT2D eigenvalue weighted by atomic mass is 9.95. The summed E-state index contributed by atoms with van der Waals surface area (Å²) < 4.78 is 16.0. The Kier molecular flexibility index (Phi) is 7.34. The molecule has 1 aliphatic rings. The zero-order chi connectivity index (χ0) is 14.1. The van der Waals surface area contributed by atoms with Crippen LogP contribution >= 0.6 is 0 Å². The Hall–Kier alpha value is -0.650. The molecule has 1 saturated heterocycles. The van der Waals surface area contributed by atoms with E-state index in [0.29, 0.717) is 6.61 Å². The number of likely N-dealkylation sites (N-methyl/N-ethyl adjacent to an activating group) is 1. The van der Waals surface area contributed by atoms with E-state index in [-0.39, 0.29) is 12.1 Å². The van der Waals surface area contributed by atoms with Gasteiger partial charge in [-0.15, -0.1) is 0 Å². The first-order chi connectivity index (χ1) is 9.12. The molecule has 0 amide bonds. The lowest BCUT2D eigenvalue weighted by Crippen LogP contribution is -2.48. The lowest BCUT2D eigenvalue weighted by molar-refractivity contribution is -0.150. The monoisotopic (exact) mass is 273 g/mol. The molecule has 1 rings (SSSR count). The van der Waals surface area contributed by atoms with E-state index >= 15 is 0 Å². The molecule has 1 fully saturated rings. The summed E-state index contributed by atoms with van der Waals surface area (Å²) in [6.07, 6.45) is 3.90. The van der Waals surface area contributed by atoms with Crippen molar-refractivity contribution in [1.82, 2.24) is 5.32 Å². The van der Waals surface area contributed by atoms with Gasteiger partial charge in [-0.1, -0.05) is 0 Å². The van der Waals surface area contributed by atoms with Gasteiger partial charge in [0.05, 0.1) is 19.3 Å². The van der Waals surface area contributed by atoms with E-state index in [0.717, 1.165) is 45.5 Å². The van der Waals surface area contributed by atoms with Gasteiger partial charge >= 0.3 is 5.97 Å². The van der Waals surface area contributed by atoms with Gasteiger partial charge in [0.2, 0.25) is 0 Å². The maximum atomic E-state index is 11.8. The van der Waals surface area contributed by atoms with Gasteiger partial charge in [0, 0.05) is 13.2 Å². The first-order valence-corrected chi connectivity index (χ1v) is 7.18. The number of carbonyl (C=O) groups is 1. The Labute approximate surface area is 116 Å². The Bertz CT molecular complexity index is 266. The van der Waals surface area contributed by atoms with Crippen molar-refractivity contribution in [3.8, 4) is 0 Å². The first kappa shape index (κ1) is 16.4. The quantitative estimate of drug-likeness (QED) is 0.510. The molecule has 0 aliphatic carbocycles. The van der Waals surface area contributed by atoms with Gasteiger partial charge in [0.15, 0.2) is 0 Å². The van der Waals surface area contributed by atoms with Crippen molar-refractivity contribution in [2.24, 2.45) is 0 Å². The Balaban J connectivity index is 2.15. The SMILES string of the molecule is CCOC(=O)C(C)(CCCCOC1CCOC1)NC. The molecule has 5 heteroatoms. The molecule has 2 atom stereocenters. The number of carbonyl (C=O) groups excluding carboxylic acids is 1. The van der Waals surface area contributed by atoms with Gasteiger partial charge < -0.3 is 19.5 Å². The van der Waals surface area contributed by atoms with Crippen molar-refractivity contribution in [2.75, 3.05) is 33.5 Å². The van der Waals surface area contributed by atoms with Crippen molar-refractivity contribution < 1.29 is 19.0 Å². The summed E-state index contributed by atoms with van der Waals surface area (Å²) in [7, 11) is 1.79. The van der Waals surface area contributed by atoms with E-state index in [2.05, 4.69) is 5.32 Å². The van der Waals surface area contributed by atoms with Crippen LogP contribution in [-0.4, -0.2) is 51.1 Å². The highest BCUT2D eigenvalue weighted by molar-refractivity contribution is 5.80. The Morgan fingerprint density at radius 3 is 2.84 bits per heavy atom. The average molecular weight is 273 g/mol. The largest absolute Gasteiger partial charge is 0.465 e. The van der Waals surface area contributed by atoms with Crippen LogP contribution in [0.25, 0.3) is 0 Å². The molecule has 0 spiro atoms. The van der Waals surface area contributed by atoms with Crippen molar-refractivity contribution in [1.29, 1.82) is 0 Å². The number of nitrogens with one attached hydrogen (secondary N) is 1. The summed E-state index contributed by atoms with van der Waals surface area (Å²) in [4.78, 5) is 11.8. The molecule has 112 valence electrons. The Morgan fingerprint density at radius 1 is 1.47 bits per heavy atom. The smallest absolute Gasteiger partial charge is 0.326 e. The van der Waals surface area contributed by atoms with Gasteiger partial charge in [-0.2, -0.15) is 0 Å². The molecule has 0 aromatic carbocycles. The second kappa shape index (κ2) is 8.51.